The second-order valence-electron chi connectivity index (χ2n) is 6.17. The van der Waals surface area contributed by atoms with Crippen LogP contribution in [-0.2, 0) is 12.8 Å². The van der Waals surface area contributed by atoms with Crippen molar-refractivity contribution in [2.24, 2.45) is 0 Å². The SMILES string of the molecule is CCc1ccc(NC(=S)NNC(=O)c2csc(-c3ccc(CC)cc3)n2)cc1. The zero-order valence-corrected chi connectivity index (χ0v) is 17.4. The molecule has 3 N–H and O–H groups in total. The first kappa shape index (κ1) is 20.0. The van der Waals surface area contributed by atoms with Crippen LogP contribution in [0, 0.1) is 0 Å². The summed E-state index contributed by atoms with van der Waals surface area (Å²) >= 11 is 6.65. The van der Waals surface area contributed by atoms with Gasteiger partial charge in [-0.25, -0.2) is 4.98 Å². The van der Waals surface area contributed by atoms with Gasteiger partial charge in [0.2, 0.25) is 0 Å². The number of aromatic nitrogens is 1. The van der Waals surface area contributed by atoms with Gasteiger partial charge in [-0.05, 0) is 48.3 Å². The van der Waals surface area contributed by atoms with Crippen molar-refractivity contribution in [3.8, 4) is 10.6 Å². The molecule has 0 atom stereocenters. The number of rotatable bonds is 5. The largest absolute Gasteiger partial charge is 0.331 e. The van der Waals surface area contributed by atoms with Crippen LogP contribution in [0.2, 0.25) is 0 Å². The summed E-state index contributed by atoms with van der Waals surface area (Å²) in [7, 11) is 0. The van der Waals surface area contributed by atoms with Crippen molar-refractivity contribution in [2.75, 3.05) is 5.32 Å². The van der Waals surface area contributed by atoms with Crippen LogP contribution in [0.25, 0.3) is 10.6 Å². The number of aryl methyl sites for hydroxylation is 2. The average molecular weight is 411 g/mol. The molecule has 0 bridgehead atoms. The van der Waals surface area contributed by atoms with Crippen molar-refractivity contribution in [2.45, 2.75) is 26.7 Å². The summed E-state index contributed by atoms with van der Waals surface area (Å²) in [5, 5.41) is 5.88. The quantitative estimate of drug-likeness (QED) is 0.425. The van der Waals surface area contributed by atoms with Crippen LogP contribution in [0.5, 0.6) is 0 Å². The summed E-state index contributed by atoms with van der Waals surface area (Å²) in [5.41, 5.74) is 10.0. The van der Waals surface area contributed by atoms with Crippen molar-refractivity contribution in [3.05, 3.63) is 70.7 Å². The van der Waals surface area contributed by atoms with Gasteiger partial charge in [-0.2, -0.15) is 0 Å². The Balaban J connectivity index is 1.54. The number of benzene rings is 2. The number of amides is 1. The van der Waals surface area contributed by atoms with Crippen molar-refractivity contribution in [1.82, 2.24) is 15.8 Å². The number of carbonyl (C=O) groups is 1. The highest BCUT2D eigenvalue weighted by atomic mass is 32.1. The van der Waals surface area contributed by atoms with Crippen molar-refractivity contribution in [1.29, 1.82) is 0 Å². The lowest BCUT2D eigenvalue weighted by Crippen LogP contribution is -2.43. The minimum atomic E-state index is -0.335. The van der Waals surface area contributed by atoms with Gasteiger partial charge in [0.05, 0.1) is 0 Å². The van der Waals surface area contributed by atoms with Gasteiger partial charge in [-0.1, -0.05) is 50.2 Å². The number of hydrogen-bond acceptors (Lipinski definition) is 4. The molecule has 0 saturated carbocycles. The molecular weight excluding hydrogens is 388 g/mol. The lowest BCUT2D eigenvalue weighted by molar-refractivity contribution is 0.0940. The first-order valence-electron chi connectivity index (χ1n) is 9.10. The zero-order chi connectivity index (χ0) is 19.9. The molecule has 1 aromatic heterocycles. The molecule has 5 nitrogen and oxygen atoms in total. The number of nitrogens with one attached hydrogen (secondary N) is 3. The van der Waals surface area contributed by atoms with E-state index in [0.29, 0.717) is 10.8 Å². The molecule has 7 heteroatoms. The smallest absolute Gasteiger partial charge is 0.289 e. The minimum absolute atomic E-state index is 0.309. The molecule has 0 aliphatic carbocycles. The normalized spacial score (nSPS) is 10.4. The number of hydrazine groups is 1. The highest BCUT2D eigenvalue weighted by Crippen LogP contribution is 2.24. The third-order valence-corrected chi connectivity index (χ3v) is 5.35. The van der Waals surface area contributed by atoms with Gasteiger partial charge in [0, 0.05) is 16.6 Å². The third kappa shape index (κ3) is 5.15. The zero-order valence-electron chi connectivity index (χ0n) is 15.8. The topological polar surface area (TPSA) is 66.0 Å². The van der Waals surface area contributed by atoms with E-state index in [9.17, 15) is 4.79 Å². The number of anilines is 1. The Morgan fingerprint density at radius 3 is 2.18 bits per heavy atom. The van der Waals surface area contributed by atoms with E-state index in [1.54, 1.807) is 5.38 Å². The Hall–Kier alpha value is -2.77. The molecule has 1 amide bonds. The monoisotopic (exact) mass is 410 g/mol. The van der Waals surface area contributed by atoms with Crippen LogP contribution in [0.3, 0.4) is 0 Å². The average Bonchev–Trinajstić information content (AvgIpc) is 3.23. The van der Waals surface area contributed by atoms with Crippen molar-refractivity contribution in [3.63, 3.8) is 0 Å². The maximum Gasteiger partial charge on any atom is 0.289 e. The maximum atomic E-state index is 12.3. The van der Waals surface area contributed by atoms with Crippen LogP contribution in [-0.4, -0.2) is 16.0 Å². The van der Waals surface area contributed by atoms with E-state index in [0.717, 1.165) is 29.1 Å². The number of nitrogens with zero attached hydrogens (tertiary/aromatic N) is 1. The fourth-order valence-corrected chi connectivity index (χ4v) is 3.53. The number of thiocarbonyl (C=S) groups is 1. The molecule has 3 aromatic rings. The molecule has 0 fully saturated rings. The van der Waals surface area contributed by atoms with E-state index in [1.807, 2.05) is 36.4 Å². The molecule has 3 rings (SSSR count). The molecule has 0 aliphatic rings. The van der Waals surface area contributed by atoms with Gasteiger partial charge in [-0.15, -0.1) is 11.3 Å². The Morgan fingerprint density at radius 2 is 1.57 bits per heavy atom. The molecule has 2 aromatic carbocycles. The van der Waals surface area contributed by atoms with Crippen LogP contribution in [0.1, 0.15) is 35.5 Å². The molecule has 1 heterocycles. The van der Waals surface area contributed by atoms with Gasteiger partial charge in [-0.3, -0.25) is 15.6 Å². The molecule has 144 valence electrons. The van der Waals surface area contributed by atoms with E-state index in [1.165, 1.54) is 22.5 Å². The predicted octanol–water partition coefficient (Wildman–Crippen LogP) is 4.57. The number of thiazole rings is 1. The lowest BCUT2D eigenvalue weighted by atomic mass is 10.1. The van der Waals surface area contributed by atoms with Gasteiger partial charge in [0.15, 0.2) is 5.11 Å². The van der Waals surface area contributed by atoms with Crippen molar-refractivity contribution < 1.29 is 4.79 Å². The van der Waals surface area contributed by atoms with Gasteiger partial charge < -0.3 is 5.32 Å². The summed E-state index contributed by atoms with van der Waals surface area (Å²) < 4.78 is 0. The fourth-order valence-electron chi connectivity index (χ4n) is 2.56. The summed E-state index contributed by atoms with van der Waals surface area (Å²) in [6.45, 7) is 4.22. The van der Waals surface area contributed by atoms with Crippen molar-refractivity contribution >= 4 is 40.3 Å². The number of carbonyl (C=O) groups excluding carboxylic acids is 1. The van der Waals surface area contributed by atoms with E-state index in [4.69, 9.17) is 12.2 Å². The highest BCUT2D eigenvalue weighted by molar-refractivity contribution is 7.80. The standard InChI is InChI=1S/C21H22N4OS2/c1-3-14-5-9-16(10-6-14)20-23-18(13-28-20)19(26)24-25-21(27)22-17-11-7-15(4-2)8-12-17/h5-13H,3-4H2,1-2H3,(H,24,26)(H2,22,25,27). The second kappa shape index (κ2) is 9.43. The third-order valence-electron chi connectivity index (χ3n) is 4.26. The Kier molecular flexibility index (Phi) is 6.73. The molecular formula is C21H22N4OS2. The molecule has 0 spiro atoms. The van der Waals surface area contributed by atoms with Crippen LogP contribution < -0.4 is 16.2 Å². The van der Waals surface area contributed by atoms with E-state index < -0.39 is 0 Å². The first-order valence-corrected chi connectivity index (χ1v) is 10.4. The Bertz CT molecular complexity index is 949. The second-order valence-corrected chi connectivity index (χ2v) is 7.44. The Labute approximate surface area is 174 Å². The van der Waals surface area contributed by atoms with Crippen LogP contribution >= 0.6 is 23.6 Å². The summed E-state index contributed by atoms with van der Waals surface area (Å²) in [4.78, 5) is 16.7. The highest BCUT2D eigenvalue weighted by Gasteiger charge is 2.12. The van der Waals surface area contributed by atoms with Crippen LogP contribution in [0.4, 0.5) is 5.69 Å². The van der Waals surface area contributed by atoms with Crippen LogP contribution in [0.15, 0.2) is 53.9 Å². The molecule has 0 radical (unpaired) electrons. The summed E-state index contributed by atoms with van der Waals surface area (Å²) in [5.74, 6) is -0.335. The predicted molar refractivity (Wildman–Crippen MR) is 120 cm³/mol. The minimum Gasteiger partial charge on any atom is -0.331 e. The maximum absolute atomic E-state index is 12.3. The molecule has 0 unspecified atom stereocenters. The fraction of sp³-hybridized carbons (Fsp3) is 0.190. The Morgan fingerprint density at radius 1 is 0.964 bits per heavy atom. The number of hydrogen-bond donors (Lipinski definition) is 3. The summed E-state index contributed by atoms with van der Waals surface area (Å²) in [6, 6.07) is 16.2. The molecule has 28 heavy (non-hydrogen) atoms. The molecule has 0 aliphatic heterocycles. The van der Waals surface area contributed by atoms with Gasteiger partial charge >= 0.3 is 0 Å². The van der Waals surface area contributed by atoms with E-state index in [2.05, 4.69) is 47.1 Å². The first-order chi connectivity index (χ1) is 13.6. The molecule has 0 saturated heterocycles. The lowest BCUT2D eigenvalue weighted by Gasteiger charge is -2.11. The van der Waals surface area contributed by atoms with Gasteiger partial charge in [0.25, 0.3) is 5.91 Å². The van der Waals surface area contributed by atoms with Gasteiger partial charge in [0.1, 0.15) is 10.7 Å². The summed E-state index contributed by atoms with van der Waals surface area (Å²) in [6.07, 6.45) is 1.98. The van der Waals surface area contributed by atoms with E-state index >= 15 is 0 Å². The van der Waals surface area contributed by atoms with E-state index in [-0.39, 0.29) is 5.91 Å².